The molecule has 2 rings (SSSR count). The van der Waals surface area contributed by atoms with Crippen molar-refractivity contribution in [3.05, 3.63) is 35.9 Å². The average Bonchev–Trinajstić information content (AvgIpc) is 2.68. The number of aliphatic hydroxyl groups is 2. The first-order valence-electron chi connectivity index (χ1n) is 6.98. The van der Waals surface area contributed by atoms with Crippen LogP contribution in [0.1, 0.15) is 38.9 Å². The number of nitrogens with zero attached hydrogens (tertiary/aromatic N) is 1. The summed E-state index contributed by atoms with van der Waals surface area (Å²) in [5, 5.41) is 20.6. The van der Waals surface area contributed by atoms with Gasteiger partial charge in [-0.15, -0.1) is 0 Å². The van der Waals surface area contributed by atoms with Gasteiger partial charge in [-0.25, -0.2) is 0 Å². The Labute approximate surface area is 115 Å². The van der Waals surface area contributed by atoms with Gasteiger partial charge in [0.05, 0.1) is 11.7 Å². The van der Waals surface area contributed by atoms with Crippen LogP contribution < -0.4 is 0 Å². The molecule has 19 heavy (non-hydrogen) atoms. The maximum Gasteiger partial charge on any atom is 0.0853 e. The van der Waals surface area contributed by atoms with E-state index >= 15 is 0 Å². The fraction of sp³-hybridized carbons (Fsp3) is 0.625. The summed E-state index contributed by atoms with van der Waals surface area (Å²) in [5.41, 5.74) is 0.147. The molecule has 3 nitrogen and oxygen atoms in total. The molecule has 1 aromatic rings. The van der Waals surface area contributed by atoms with Crippen LogP contribution >= 0.6 is 0 Å². The minimum absolute atomic E-state index is 0.234. The molecule has 3 heteroatoms. The maximum atomic E-state index is 10.5. The minimum atomic E-state index is -0.576. The third-order valence-corrected chi connectivity index (χ3v) is 4.02. The molecule has 1 aliphatic heterocycles. The third-order valence-electron chi connectivity index (χ3n) is 4.02. The summed E-state index contributed by atoms with van der Waals surface area (Å²) in [6, 6.07) is 9.80. The first-order valence-corrected chi connectivity index (χ1v) is 6.98. The number of aliphatic hydroxyl groups excluding tert-OH is 1. The molecule has 0 saturated carbocycles. The Morgan fingerprint density at radius 1 is 1.32 bits per heavy atom. The largest absolute Gasteiger partial charge is 0.389 e. The molecule has 0 bridgehead atoms. The van der Waals surface area contributed by atoms with Gasteiger partial charge in [-0.2, -0.15) is 0 Å². The molecule has 1 aliphatic rings. The molecule has 0 aromatic heterocycles. The molecule has 0 aliphatic carbocycles. The lowest BCUT2D eigenvalue weighted by molar-refractivity contribution is 0.0147. The average molecular weight is 263 g/mol. The topological polar surface area (TPSA) is 43.7 Å². The highest BCUT2D eigenvalue weighted by Crippen LogP contribution is 2.35. The number of benzene rings is 1. The smallest absolute Gasteiger partial charge is 0.0853 e. The Kier molecular flexibility index (Phi) is 4.00. The highest BCUT2D eigenvalue weighted by molar-refractivity contribution is 5.19. The van der Waals surface area contributed by atoms with Crippen molar-refractivity contribution >= 4 is 0 Å². The van der Waals surface area contributed by atoms with Crippen LogP contribution in [0.2, 0.25) is 0 Å². The molecular formula is C16H25NO2. The van der Waals surface area contributed by atoms with Gasteiger partial charge in [-0.1, -0.05) is 44.2 Å². The van der Waals surface area contributed by atoms with Crippen LogP contribution in [0.5, 0.6) is 0 Å². The van der Waals surface area contributed by atoms with E-state index in [1.165, 1.54) is 0 Å². The lowest BCUT2D eigenvalue weighted by atomic mass is 9.82. The normalized spacial score (nSPS) is 26.6. The van der Waals surface area contributed by atoms with E-state index in [0.717, 1.165) is 25.1 Å². The summed E-state index contributed by atoms with van der Waals surface area (Å²) in [6.07, 6.45) is 0.323. The molecule has 1 fully saturated rings. The Morgan fingerprint density at radius 2 is 1.95 bits per heavy atom. The van der Waals surface area contributed by atoms with Gasteiger partial charge < -0.3 is 10.2 Å². The van der Waals surface area contributed by atoms with Gasteiger partial charge in [0.25, 0.3) is 0 Å². The predicted octanol–water partition coefficient (Wildman–Crippen LogP) is 2.20. The van der Waals surface area contributed by atoms with Crippen molar-refractivity contribution < 1.29 is 10.2 Å². The zero-order valence-electron chi connectivity index (χ0n) is 12.1. The van der Waals surface area contributed by atoms with Gasteiger partial charge >= 0.3 is 0 Å². The molecule has 2 unspecified atom stereocenters. The fourth-order valence-electron chi connectivity index (χ4n) is 2.92. The predicted molar refractivity (Wildman–Crippen MR) is 76.9 cm³/mol. The summed E-state index contributed by atoms with van der Waals surface area (Å²) in [5.74, 6) is 0. The van der Waals surface area contributed by atoms with Gasteiger partial charge in [-0.05, 0) is 18.9 Å². The zero-order chi connectivity index (χ0) is 14.1. The maximum absolute atomic E-state index is 10.5. The van der Waals surface area contributed by atoms with Crippen LogP contribution in [0.15, 0.2) is 30.3 Å². The lowest BCUT2D eigenvalue weighted by Crippen LogP contribution is -2.39. The van der Waals surface area contributed by atoms with E-state index in [1.807, 2.05) is 37.3 Å². The number of β-amino-alcohol motifs (C(OH)–C–C–N with tert-alkyl or cyclic N) is 1. The molecule has 0 radical (unpaired) electrons. The van der Waals surface area contributed by atoms with Crippen molar-refractivity contribution in [1.29, 1.82) is 0 Å². The van der Waals surface area contributed by atoms with E-state index in [4.69, 9.17) is 0 Å². The van der Waals surface area contributed by atoms with Crippen molar-refractivity contribution in [2.24, 2.45) is 5.41 Å². The standard InChI is InChI=1S/C16H25NO2/c1-15(2,11-17-10-9-16(3,19)12-17)14(18)13-7-5-4-6-8-13/h4-8,14,18-19H,9-12H2,1-3H3. The molecule has 0 amide bonds. The van der Waals surface area contributed by atoms with Crippen molar-refractivity contribution in [1.82, 2.24) is 4.90 Å². The molecule has 0 spiro atoms. The first kappa shape index (κ1) is 14.5. The first-order chi connectivity index (χ1) is 8.80. The van der Waals surface area contributed by atoms with Gasteiger partial charge in [0, 0.05) is 25.0 Å². The Bertz CT molecular complexity index is 414. The number of likely N-dealkylation sites (tertiary alicyclic amines) is 1. The zero-order valence-corrected chi connectivity index (χ0v) is 12.1. The van der Waals surface area contributed by atoms with E-state index in [9.17, 15) is 10.2 Å². The van der Waals surface area contributed by atoms with E-state index < -0.39 is 11.7 Å². The van der Waals surface area contributed by atoms with Crippen molar-refractivity contribution in [2.75, 3.05) is 19.6 Å². The number of rotatable bonds is 4. The van der Waals surface area contributed by atoms with E-state index in [1.54, 1.807) is 0 Å². The van der Waals surface area contributed by atoms with E-state index in [2.05, 4.69) is 18.7 Å². The summed E-state index contributed by atoms with van der Waals surface area (Å²) in [6.45, 7) is 8.43. The molecule has 1 saturated heterocycles. The quantitative estimate of drug-likeness (QED) is 0.875. The number of hydrogen-bond acceptors (Lipinski definition) is 3. The Morgan fingerprint density at radius 3 is 2.47 bits per heavy atom. The van der Waals surface area contributed by atoms with Crippen molar-refractivity contribution in [3.8, 4) is 0 Å². The van der Waals surface area contributed by atoms with Crippen molar-refractivity contribution in [3.63, 3.8) is 0 Å². The second-order valence-corrected chi connectivity index (χ2v) is 6.76. The molecule has 1 heterocycles. The Hall–Kier alpha value is -0.900. The highest BCUT2D eigenvalue weighted by atomic mass is 16.3. The van der Waals surface area contributed by atoms with Gasteiger partial charge in [0.15, 0.2) is 0 Å². The van der Waals surface area contributed by atoms with Crippen molar-refractivity contribution in [2.45, 2.75) is 38.9 Å². The third kappa shape index (κ3) is 3.56. The second kappa shape index (κ2) is 5.23. The summed E-state index contributed by atoms with van der Waals surface area (Å²) < 4.78 is 0. The van der Waals surface area contributed by atoms with Gasteiger partial charge in [0.2, 0.25) is 0 Å². The van der Waals surface area contributed by atoms with Crippen LogP contribution in [-0.2, 0) is 0 Å². The highest BCUT2D eigenvalue weighted by Gasteiger charge is 2.37. The second-order valence-electron chi connectivity index (χ2n) is 6.76. The fourth-order valence-corrected chi connectivity index (χ4v) is 2.92. The molecule has 1 aromatic carbocycles. The number of hydrogen-bond donors (Lipinski definition) is 2. The van der Waals surface area contributed by atoms with Crippen LogP contribution in [-0.4, -0.2) is 40.3 Å². The molecule has 2 N–H and O–H groups in total. The van der Waals surface area contributed by atoms with Crippen LogP contribution in [0.25, 0.3) is 0 Å². The SMILES string of the molecule is CC1(O)CCN(CC(C)(C)C(O)c2ccccc2)C1. The Balaban J connectivity index is 2.02. The van der Waals surface area contributed by atoms with Crippen LogP contribution in [0.3, 0.4) is 0 Å². The summed E-state index contributed by atoms with van der Waals surface area (Å²) >= 11 is 0. The van der Waals surface area contributed by atoms with Crippen LogP contribution in [0.4, 0.5) is 0 Å². The van der Waals surface area contributed by atoms with Crippen LogP contribution in [0, 0.1) is 5.41 Å². The van der Waals surface area contributed by atoms with Gasteiger partial charge in [0.1, 0.15) is 0 Å². The summed E-state index contributed by atoms with van der Waals surface area (Å²) in [4.78, 5) is 2.24. The minimum Gasteiger partial charge on any atom is -0.389 e. The lowest BCUT2D eigenvalue weighted by Gasteiger charge is -2.35. The summed E-state index contributed by atoms with van der Waals surface area (Å²) in [7, 11) is 0. The molecular weight excluding hydrogens is 238 g/mol. The molecule has 106 valence electrons. The molecule has 2 atom stereocenters. The van der Waals surface area contributed by atoms with E-state index in [-0.39, 0.29) is 5.41 Å². The monoisotopic (exact) mass is 263 g/mol. The van der Waals surface area contributed by atoms with Gasteiger partial charge in [-0.3, -0.25) is 4.90 Å². The van der Waals surface area contributed by atoms with E-state index in [0.29, 0.717) is 6.54 Å².